The molecule has 0 unspecified atom stereocenters. The van der Waals surface area contributed by atoms with Crippen LogP contribution in [0.4, 0.5) is 11.4 Å². The van der Waals surface area contributed by atoms with Crippen LogP contribution in [0.25, 0.3) is 0 Å². The number of likely N-dealkylation sites (tertiary alicyclic amines) is 1. The summed E-state index contributed by atoms with van der Waals surface area (Å²) in [5, 5.41) is 2.97. The molecule has 2 fully saturated rings. The van der Waals surface area contributed by atoms with Crippen molar-refractivity contribution in [1.29, 1.82) is 0 Å². The number of ether oxygens (including phenoxy) is 2. The molecular formula is C35H40N4O5. The molecule has 2 saturated heterocycles. The predicted octanol–water partition coefficient (Wildman–Crippen LogP) is 5.53. The Morgan fingerprint density at radius 2 is 1.55 bits per heavy atom. The Hall–Kier alpha value is -4.53. The molecule has 0 spiro atoms. The zero-order valence-electron chi connectivity index (χ0n) is 25.3. The summed E-state index contributed by atoms with van der Waals surface area (Å²) < 4.78 is 10.8. The minimum atomic E-state index is -0.291. The zero-order valence-corrected chi connectivity index (χ0v) is 25.3. The van der Waals surface area contributed by atoms with Gasteiger partial charge in [-0.05, 0) is 74.1 Å². The lowest BCUT2D eigenvalue weighted by atomic mass is 9.95. The van der Waals surface area contributed by atoms with Crippen molar-refractivity contribution in [3.05, 3.63) is 83.4 Å². The minimum absolute atomic E-state index is 0.0221. The summed E-state index contributed by atoms with van der Waals surface area (Å²) in [5.41, 5.74) is 3.46. The number of carbonyl (C=O) groups excluding carboxylic acids is 3. The van der Waals surface area contributed by atoms with E-state index >= 15 is 0 Å². The summed E-state index contributed by atoms with van der Waals surface area (Å²) in [6.07, 6.45) is 4.65. The zero-order chi connectivity index (χ0) is 30.5. The Morgan fingerprint density at radius 1 is 0.773 bits per heavy atom. The average Bonchev–Trinajstić information content (AvgIpc) is 3.41. The lowest BCUT2D eigenvalue weighted by molar-refractivity contribution is -0.132. The molecule has 3 aliphatic rings. The van der Waals surface area contributed by atoms with Gasteiger partial charge >= 0.3 is 0 Å². The second-order valence-electron chi connectivity index (χ2n) is 11.6. The molecule has 3 heterocycles. The summed E-state index contributed by atoms with van der Waals surface area (Å²) in [6, 6.07) is 20.7. The van der Waals surface area contributed by atoms with E-state index in [1.165, 1.54) is 0 Å². The number of amides is 3. The second-order valence-corrected chi connectivity index (χ2v) is 11.6. The van der Waals surface area contributed by atoms with Crippen molar-refractivity contribution in [2.24, 2.45) is 0 Å². The maximum absolute atomic E-state index is 13.9. The second kappa shape index (κ2) is 13.4. The molecule has 44 heavy (non-hydrogen) atoms. The molecule has 9 nitrogen and oxygen atoms in total. The van der Waals surface area contributed by atoms with E-state index in [-0.39, 0.29) is 30.4 Å². The minimum Gasteiger partial charge on any atom is -0.454 e. The van der Waals surface area contributed by atoms with E-state index in [1.807, 2.05) is 52.3 Å². The van der Waals surface area contributed by atoms with Crippen LogP contribution < -0.4 is 19.7 Å². The fourth-order valence-corrected chi connectivity index (χ4v) is 6.41. The SMILES string of the molecule is CC[C@H](C(=O)N1CCCN(c2ccc(NC(=O)c3ccc4c(c3)OCO4)cc2C(=O)N2CCCCC2)CC1)c1ccccc1. The van der Waals surface area contributed by atoms with Crippen LogP contribution in [0.3, 0.4) is 0 Å². The maximum Gasteiger partial charge on any atom is 0.256 e. The molecule has 3 aliphatic heterocycles. The first-order valence-electron chi connectivity index (χ1n) is 15.7. The van der Waals surface area contributed by atoms with Crippen LogP contribution in [0.15, 0.2) is 66.7 Å². The first kappa shape index (κ1) is 29.5. The van der Waals surface area contributed by atoms with Crippen LogP contribution in [0.1, 0.15) is 71.2 Å². The van der Waals surface area contributed by atoms with Gasteiger partial charge in [0.15, 0.2) is 11.5 Å². The number of carbonyl (C=O) groups is 3. The molecule has 0 aromatic heterocycles. The average molecular weight is 597 g/mol. The largest absolute Gasteiger partial charge is 0.454 e. The summed E-state index contributed by atoms with van der Waals surface area (Å²) in [7, 11) is 0. The third-order valence-corrected chi connectivity index (χ3v) is 8.82. The number of anilines is 2. The van der Waals surface area contributed by atoms with Gasteiger partial charge in [0.2, 0.25) is 12.7 Å². The van der Waals surface area contributed by atoms with Crippen LogP contribution in [0.5, 0.6) is 11.5 Å². The van der Waals surface area contributed by atoms with Crippen molar-refractivity contribution in [1.82, 2.24) is 9.80 Å². The Kier molecular flexibility index (Phi) is 9.00. The van der Waals surface area contributed by atoms with E-state index in [4.69, 9.17) is 9.47 Å². The quantitative estimate of drug-likeness (QED) is 0.386. The van der Waals surface area contributed by atoms with Crippen LogP contribution in [0, 0.1) is 0 Å². The van der Waals surface area contributed by atoms with E-state index in [2.05, 4.69) is 17.1 Å². The number of nitrogens with zero attached hydrogens (tertiary/aromatic N) is 3. The molecule has 6 rings (SSSR count). The fourth-order valence-electron chi connectivity index (χ4n) is 6.41. The number of hydrogen-bond acceptors (Lipinski definition) is 6. The van der Waals surface area contributed by atoms with Crippen LogP contribution in [-0.4, -0.2) is 73.6 Å². The monoisotopic (exact) mass is 596 g/mol. The Labute approximate surface area is 258 Å². The van der Waals surface area contributed by atoms with Gasteiger partial charge in [-0.1, -0.05) is 37.3 Å². The number of fused-ring (bicyclic) bond motifs is 1. The van der Waals surface area contributed by atoms with Gasteiger partial charge in [0.25, 0.3) is 11.8 Å². The van der Waals surface area contributed by atoms with E-state index < -0.39 is 0 Å². The summed E-state index contributed by atoms with van der Waals surface area (Å²) in [6.45, 7) is 6.27. The topological polar surface area (TPSA) is 91.4 Å². The smallest absolute Gasteiger partial charge is 0.256 e. The standard InChI is InChI=1S/C35H40N4O5/c1-2-28(25-10-5-3-6-11-25)34(41)39-19-9-18-37(20-21-39)30-14-13-27(23-29(30)35(42)38-16-7-4-8-17-38)36-33(40)26-12-15-31-32(22-26)44-24-43-31/h3,5-6,10-15,22-23,28H,2,4,7-9,16-21,24H2,1H3,(H,36,40)/t28-/m0/s1. The van der Waals surface area contributed by atoms with E-state index in [0.29, 0.717) is 47.9 Å². The Morgan fingerprint density at radius 3 is 2.34 bits per heavy atom. The molecule has 1 N–H and O–H groups in total. The van der Waals surface area contributed by atoms with Crippen LogP contribution in [-0.2, 0) is 4.79 Å². The van der Waals surface area contributed by atoms with Gasteiger partial charge in [0, 0.05) is 56.2 Å². The molecule has 3 amide bonds. The molecule has 230 valence electrons. The molecular weight excluding hydrogens is 556 g/mol. The molecule has 0 bridgehead atoms. The molecule has 9 heteroatoms. The molecule has 0 radical (unpaired) electrons. The predicted molar refractivity (Wildman–Crippen MR) is 170 cm³/mol. The summed E-state index contributed by atoms with van der Waals surface area (Å²) >= 11 is 0. The summed E-state index contributed by atoms with van der Waals surface area (Å²) in [5.74, 6) is 0.838. The Balaban J connectivity index is 1.22. The highest BCUT2D eigenvalue weighted by Crippen LogP contribution is 2.33. The normalized spacial score (nSPS) is 17.2. The third kappa shape index (κ3) is 6.37. The Bertz CT molecular complexity index is 1500. The third-order valence-electron chi connectivity index (χ3n) is 8.82. The number of benzene rings is 3. The van der Waals surface area contributed by atoms with Crippen molar-refractivity contribution >= 4 is 29.1 Å². The van der Waals surface area contributed by atoms with Gasteiger partial charge < -0.3 is 29.5 Å². The maximum atomic E-state index is 13.9. The highest BCUT2D eigenvalue weighted by molar-refractivity contribution is 6.06. The number of piperidine rings is 1. The van der Waals surface area contributed by atoms with E-state index in [0.717, 1.165) is 63.0 Å². The highest BCUT2D eigenvalue weighted by atomic mass is 16.7. The molecule has 3 aromatic rings. The van der Waals surface area contributed by atoms with E-state index in [1.54, 1.807) is 24.3 Å². The highest BCUT2D eigenvalue weighted by Gasteiger charge is 2.29. The lowest BCUT2D eigenvalue weighted by Crippen LogP contribution is -2.39. The fraction of sp³-hybridized carbons (Fsp3) is 0.400. The molecule has 1 atom stereocenters. The van der Waals surface area contributed by atoms with Gasteiger partial charge in [-0.15, -0.1) is 0 Å². The van der Waals surface area contributed by atoms with Crippen molar-refractivity contribution in [2.45, 2.75) is 44.9 Å². The van der Waals surface area contributed by atoms with Gasteiger partial charge in [-0.3, -0.25) is 14.4 Å². The number of nitrogens with one attached hydrogen (secondary N) is 1. The van der Waals surface area contributed by atoms with Crippen molar-refractivity contribution in [3.8, 4) is 11.5 Å². The molecule has 0 saturated carbocycles. The van der Waals surface area contributed by atoms with Crippen LogP contribution >= 0.6 is 0 Å². The van der Waals surface area contributed by atoms with Gasteiger partial charge in [0.1, 0.15) is 0 Å². The summed E-state index contributed by atoms with van der Waals surface area (Å²) in [4.78, 5) is 46.8. The molecule has 3 aromatic carbocycles. The van der Waals surface area contributed by atoms with Gasteiger partial charge in [-0.25, -0.2) is 0 Å². The van der Waals surface area contributed by atoms with Gasteiger partial charge in [-0.2, -0.15) is 0 Å². The number of hydrogen-bond donors (Lipinski definition) is 1. The molecule has 0 aliphatic carbocycles. The first-order chi connectivity index (χ1) is 21.5. The van der Waals surface area contributed by atoms with Crippen molar-refractivity contribution < 1.29 is 23.9 Å². The van der Waals surface area contributed by atoms with Gasteiger partial charge in [0.05, 0.1) is 11.5 Å². The van der Waals surface area contributed by atoms with E-state index in [9.17, 15) is 14.4 Å². The van der Waals surface area contributed by atoms with Crippen molar-refractivity contribution in [3.63, 3.8) is 0 Å². The lowest BCUT2D eigenvalue weighted by Gasteiger charge is -2.31. The van der Waals surface area contributed by atoms with Crippen LogP contribution in [0.2, 0.25) is 0 Å². The number of rotatable bonds is 7. The first-order valence-corrected chi connectivity index (χ1v) is 15.7. The van der Waals surface area contributed by atoms with Crippen molar-refractivity contribution in [2.75, 3.05) is 56.3 Å².